The Morgan fingerprint density at radius 2 is 1.27 bits per heavy atom. The molecule has 27 heteroatoms. The molecule has 0 radical (unpaired) electrons. The lowest BCUT2D eigenvalue weighted by atomic mass is 9.94. The Balaban J connectivity index is 1.79. The van der Waals surface area contributed by atoms with Crippen molar-refractivity contribution >= 4 is 47.4 Å². The fourth-order valence-electron chi connectivity index (χ4n) is 7.38. The van der Waals surface area contributed by atoms with Crippen molar-refractivity contribution in [3.63, 3.8) is 0 Å². The molecule has 400 valence electrons. The van der Waals surface area contributed by atoms with Gasteiger partial charge in [0.25, 0.3) is 0 Å². The molecule has 3 rings (SSSR count). The van der Waals surface area contributed by atoms with Crippen molar-refractivity contribution in [2.24, 2.45) is 11.7 Å². The molecule has 16 N–H and O–H groups in total. The van der Waals surface area contributed by atoms with Crippen molar-refractivity contribution in [1.82, 2.24) is 37.2 Å². The summed E-state index contributed by atoms with van der Waals surface area (Å²) in [6.07, 6.45) is -17.7. The van der Waals surface area contributed by atoms with E-state index in [9.17, 15) is 74.1 Å². The van der Waals surface area contributed by atoms with E-state index in [1.807, 2.05) is 13.8 Å². The molecule has 0 spiro atoms. The van der Waals surface area contributed by atoms with Crippen molar-refractivity contribution < 1.29 is 93.0 Å². The van der Waals surface area contributed by atoms with Gasteiger partial charge < -0.3 is 97.6 Å². The molecule has 0 aliphatic carbocycles. The summed E-state index contributed by atoms with van der Waals surface area (Å²) in [4.78, 5) is 105. The second-order valence-corrected chi connectivity index (χ2v) is 18.6. The number of benzene rings is 1. The fourth-order valence-corrected chi connectivity index (χ4v) is 7.38. The number of carbonyl (C=O) groups excluding carboxylic acids is 8. The second-order valence-electron chi connectivity index (χ2n) is 18.6. The summed E-state index contributed by atoms with van der Waals surface area (Å²) >= 11 is 0. The van der Waals surface area contributed by atoms with E-state index in [1.165, 1.54) is 27.7 Å². The number of aliphatic hydroxyl groups is 7. The number of hydrogen-bond acceptors (Lipinski definition) is 19. The Morgan fingerprint density at radius 3 is 1.82 bits per heavy atom. The maximum Gasteiger partial charge on any atom is 0.408 e. The number of nitrogens with one attached hydrogen (secondary N) is 7. The molecular weight excluding hydrogens is 945 g/mol. The minimum atomic E-state index is -1.94. The van der Waals surface area contributed by atoms with Crippen LogP contribution in [0.1, 0.15) is 66.9 Å². The molecule has 2 aliphatic heterocycles. The molecule has 0 saturated carbocycles. The minimum absolute atomic E-state index is 0.0442. The number of aliphatic hydroxyl groups excluding tert-OH is 7. The van der Waals surface area contributed by atoms with Crippen molar-refractivity contribution in [2.45, 2.75) is 165 Å². The molecule has 15 atom stereocenters. The Labute approximate surface area is 409 Å². The van der Waals surface area contributed by atoms with E-state index in [-0.39, 0.29) is 18.8 Å². The average Bonchev–Trinajstić information content (AvgIpc) is 3.28. The number of rotatable bonds is 23. The monoisotopic (exact) mass is 1010 g/mol. The maximum absolute atomic E-state index is 13.8. The van der Waals surface area contributed by atoms with Crippen molar-refractivity contribution in [3.05, 3.63) is 35.9 Å². The molecule has 0 bridgehead atoms. The van der Waals surface area contributed by atoms with Gasteiger partial charge in [-0.3, -0.25) is 33.6 Å². The quantitative estimate of drug-likeness (QED) is 0.0485. The van der Waals surface area contributed by atoms with Crippen LogP contribution in [-0.2, 0) is 58.9 Å². The van der Waals surface area contributed by atoms with Gasteiger partial charge in [-0.2, -0.15) is 0 Å². The third-order valence-corrected chi connectivity index (χ3v) is 11.0. The van der Waals surface area contributed by atoms with Crippen LogP contribution in [0.2, 0.25) is 0 Å². The molecular formula is C44H70N8O19. The zero-order valence-electron chi connectivity index (χ0n) is 40.5. The van der Waals surface area contributed by atoms with E-state index in [0.717, 1.165) is 6.92 Å². The van der Waals surface area contributed by atoms with Crippen molar-refractivity contribution in [2.75, 3.05) is 19.8 Å². The highest BCUT2D eigenvalue weighted by atomic mass is 16.7. The molecule has 27 nitrogen and oxygen atoms in total. The molecule has 1 aromatic carbocycles. The first-order valence-corrected chi connectivity index (χ1v) is 22.8. The number of nitrogens with two attached hydrogens (primary N) is 1. The maximum atomic E-state index is 13.8. The third-order valence-electron chi connectivity index (χ3n) is 11.0. The zero-order valence-corrected chi connectivity index (χ0v) is 40.5. The molecule has 2 aliphatic rings. The Hall–Kier alpha value is -5.62. The smallest absolute Gasteiger partial charge is 0.408 e. The van der Waals surface area contributed by atoms with Gasteiger partial charge in [-0.15, -0.1) is 0 Å². The number of ether oxygens (including phenoxy) is 4. The Morgan fingerprint density at radius 1 is 0.690 bits per heavy atom. The first kappa shape index (κ1) is 59.7. The van der Waals surface area contributed by atoms with Crippen LogP contribution in [-0.4, -0.2) is 200 Å². The van der Waals surface area contributed by atoms with Gasteiger partial charge in [0.15, 0.2) is 12.5 Å². The van der Waals surface area contributed by atoms with Crippen LogP contribution in [0.3, 0.4) is 0 Å². The molecule has 0 aromatic heterocycles. The summed E-state index contributed by atoms with van der Waals surface area (Å²) in [6.45, 7) is 7.63. The number of hydrogen-bond donors (Lipinski definition) is 15. The van der Waals surface area contributed by atoms with Crippen LogP contribution in [0.15, 0.2) is 30.3 Å². The van der Waals surface area contributed by atoms with Gasteiger partial charge >= 0.3 is 6.09 Å². The number of alkyl carbamates (subject to hydrolysis) is 1. The molecule has 71 heavy (non-hydrogen) atoms. The van der Waals surface area contributed by atoms with E-state index in [4.69, 9.17) is 24.7 Å². The summed E-state index contributed by atoms with van der Waals surface area (Å²) < 4.78 is 22.1. The van der Waals surface area contributed by atoms with Crippen LogP contribution in [0.4, 0.5) is 4.79 Å². The topological polar surface area (TPSA) is 425 Å². The minimum Gasteiger partial charge on any atom is -0.444 e. The summed E-state index contributed by atoms with van der Waals surface area (Å²) in [5, 5.41) is 89.0. The zero-order chi connectivity index (χ0) is 53.5. The fraction of sp³-hybridized carbons (Fsp3) is 0.682. The van der Waals surface area contributed by atoms with Crippen LogP contribution in [0, 0.1) is 5.92 Å². The van der Waals surface area contributed by atoms with Crippen LogP contribution in [0.25, 0.3) is 0 Å². The average molecular weight is 1020 g/mol. The van der Waals surface area contributed by atoms with E-state index in [1.54, 1.807) is 30.3 Å². The number of carbonyl (C=O) groups is 8. The summed E-state index contributed by atoms with van der Waals surface area (Å²) in [5.41, 5.74) is 5.02. The highest BCUT2D eigenvalue weighted by molar-refractivity contribution is 5.97. The first-order chi connectivity index (χ1) is 33.2. The lowest BCUT2D eigenvalue weighted by molar-refractivity contribution is -0.336. The first-order valence-electron chi connectivity index (χ1n) is 22.8. The molecule has 2 fully saturated rings. The highest BCUT2D eigenvalue weighted by Crippen LogP contribution is 2.29. The largest absolute Gasteiger partial charge is 0.444 e. The summed E-state index contributed by atoms with van der Waals surface area (Å²) in [7, 11) is 0. The van der Waals surface area contributed by atoms with Crippen molar-refractivity contribution in [1.29, 1.82) is 0 Å². The van der Waals surface area contributed by atoms with E-state index in [0.29, 0.717) is 5.56 Å². The van der Waals surface area contributed by atoms with E-state index < -0.39 is 171 Å². The molecule has 2 saturated heterocycles. The van der Waals surface area contributed by atoms with Gasteiger partial charge in [0.05, 0.1) is 26.2 Å². The number of amides is 8. The van der Waals surface area contributed by atoms with Gasteiger partial charge in [0.1, 0.15) is 84.6 Å². The Kier molecular flexibility index (Phi) is 22.9. The van der Waals surface area contributed by atoms with Gasteiger partial charge in [-0.05, 0) is 45.6 Å². The van der Waals surface area contributed by atoms with Gasteiger partial charge in [0, 0.05) is 13.3 Å². The molecule has 0 unspecified atom stereocenters. The summed E-state index contributed by atoms with van der Waals surface area (Å²) in [5.74, 6) is -6.73. The van der Waals surface area contributed by atoms with Crippen LogP contribution < -0.4 is 43.0 Å². The summed E-state index contributed by atoms with van der Waals surface area (Å²) in [6, 6.07) is -0.594. The SMILES string of the molecule is CC(=O)N[C@@H]1[C@@H](O)[C@H](O[C@@H]2O[C@H](CO)[C@H](O)[C@H](O)[C@H]2O)[C@@H](CO)O[C@H]1NC(=O)C[C@H](NC(=O)OC(C)(C)C)C(=O)N[C@@H](C)C(=O)N[C@@H](CO)C(=O)N[C@@H](Cc1ccccc1)C(=O)N[C@@H](CC(C)C)C(N)=O. The standard InChI is InChI=1S/C44H70N8O19/c1-19(2)13-23(36(45)62)48-39(65)24(14-22-11-9-8-10-12-22)49-40(66)26(16-53)50-37(63)20(3)46-38(64)25(51-43(67)71-44(5,6)7)15-29(57)52-41-30(47-21(4)56)32(59)35(28(18-55)68-41)70-42-34(61)33(60)31(58)27(17-54)69-42/h8-12,19-20,23-28,30-35,41-42,53-55,58-61H,13-18H2,1-7H3,(H2,45,62)(H,46,64)(H,47,56)(H,48,65)(H,49,66)(H,50,63)(H,51,67)(H,52,57)/t20-,23-,24-,25-,26-,27+,28+,30+,31-,32+,33-,34+,35+,41+,42-/m0/s1. The molecule has 2 heterocycles. The van der Waals surface area contributed by atoms with E-state index in [2.05, 4.69) is 37.2 Å². The van der Waals surface area contributed by atoms with Crippen LogP contribution in [0.5, 0.6) is 0 Å². The van der Waals surface area contributed by atoms with E-state index >= 15 is 0 Å². The van der Waals surface area contributed by atoms with Gasteiger partial charge in [0.2, 0.25) is 41.4 Å². The second kappa shape index (κ2) is 27.3. The van der Waals surface area contributed by atoms with Gasteiger partial charge in [-0.1, -0.05) is 44.2 Å². The lowest BCUT2D eigenvalue weighted by Crippen LogP contribution is -2.70. The highest BCUT2D eigenvalue weighted by Gasteiger charge is 2.51. The Bertz CT molecular complexity index is 1980. The normalized spacial score (nSPS) is 26.5. The molecule has 1 aromatic rings. The number of primary amides is 1. The molecule has 8 amide bonds. The predicted molar refractivity (Wildman–Crippen MR) is 243 cm³/mol. The lowest BCUT2D eigenvalue weighted by Gasteiger charge is -2.47. The third kappa shape index (κ3) is 18.2. The van der Waals surface area contributed by atoms with Crippen molar-refractivity contribution in [3.8, 4) is 0 Å². The predicted octanol–water partition coefficient (Wildman–Crippen LogP) is -6.12. The van der Waals surface area contributed by atoms with Gasteiger partial charge in [-0.25, -0.2) is 4.79 Å². The van der Waals surface area contributed by atoms with Crippen LogP contribution >= 0.6 is 0 Å².